The summed E-state index contributed by atoms with van der Waals surface area (Å²) in [5, 5.41) is 3.91. The van der Waals surface area contributed by atoms with Gasteiger partial charge in [0.2, 0.25) is 5.69 Å². The lowest BCUT2D eigenvalue weighted by Gasteiger charge is -2.13. The van der Waals surface area contributed by atoms with E-state index in [4.69, 9.17) is 29.8 Å². The number of hydrogen-bond acceptors (Lipinski definition) is 4. The van der Waals surface area contributed by atoms with E-state index < -0.39 is 12.1 Å². The number of amides is 1. The molecule has 0 fully saturated rings. The molecule has 0 aromatic carbocycles. The number of nitrogens with one attached hydrogen (secondary N) is 1. The lowest BCUT2D eigenvalue weighted by molar-refractivity contribution is -0.173. The lowest BCUT2D eigenvalue weighted by Crippen LogP contribution is -2.38. The van der Waals surface area contributed by atoms with Crippen LogP contribution >= 0.6 is 34.5 Å². The van der Waals surface area contributed by atoms with Crippen LogP contribution in [0.5, 0.6) is 0 Å². The molecule has 12 heteroatoms. The van der Waals surface area contributed by atoms with E-state index >= 15 is 0 Å². The molecule has 6 nitrogen and oxygen atoms in total. The normalized spacial score (nSPS) is 11.6. The number of rotatable bonds is 4. The van der Waals surface area contributed by atoms with Crippen molar-refractivity contribution in [3.8, 4) is 10.6 Å². The van der Waals surface area contributed by atoms with Crippen molar-refractivity contribution in [3.63, 3.8) is 0 Å². The molecule has 1 N–H and O–H groups in total. The van der Waals surface area contributed by atoms with Crippen molar-refractivity contribution in [1.29, 1.82) is 0 Å². The number of halogens is 5. The first-order chi connectivity index (χ1) is 12.8. The number of nitrogens with zero attached hydrogens (tertiary/aromatic N) is 4. The fourth-order valence-electron chi connectivity index (χ4n) is 2.53. The monoisotopic (exact) mass is 433 g/mol. The zero-order valence-electron chi connectivity index (χ0n) is 13.1. The van der Waals surface area contributed by atoms with E-state index in [0.717, 1.165) is 0 Å². The first-order valence-electron chi connectivity index (χ1n) is 7.24. The molecule has 1 amide bonds. The van der Waals surface area contributed by atoms with Gasteiger partial charge in [0.05, 0.1) is 27.7 Å². The van der Waals surface area contributed by atoms with E-state index in [1.54, 1.807) is 16.8 Å². The topological polar surface area (TPSA) is 64.2 Å². The summed E-state index contributed by atoms with van der Waals surface area (Å²) in [4.78, 5) is 23.0. The number of aromatic nitrogens is 3. The Bertz CT molecular complexity index is 1070. The maximum Gasteiger partial charge on any atom is 0.471 e. The average molecular weight is 434 g/mol. The minimum Gasteiger partial charge on any atom is -0.346 e. The van der Waals surface area contributed by atoms with Crippen molar-refractivity contribution >= 4 is 57.2 Å². The number of carbonyl (C=O) groups excluding carboxylic acids is 1. The molecular weight excluding hydrogens is 426 g/mol. The van der Waals surface area contributed by atoms with Gasteiger partial charge in [0.25, 0.3) is 0 Å². The second-order valence-corrected chi connectivity index (χ2v) is 6.85. The van der Waals surface area contributed by atoms with Crippen molar-refractivity contribution in [2.75, 3.05) is 6.54 Å². The van der Waals surface area contributed by atoms with Gasteiger partial charge in [-0.3, -0.25) is 4.79 Å². The Hall–Kier alpha value is -2.35. The maximum absolute atomic E-state index is 12.4. The summed E-state index contributed by atoms with van der Waals surface area (Å²) in [7, 11) is 0. The minimum absolute atomic E-state index is 0.0333. The molecule has 0 unspecified atom stereocenters. The lowest BCUT2D eigenvalue weighted by atomic mass is 10.3. The smallest absolute Gasteiger partial charge is 0.346 e. The molecule has 0 aliphatic carbocycles. The molecule has 3 heterocycles. The number of carbonyl (C=O) groups is 1. The Morgan fingerprint density at radius 3 is 2.70 bits per heavy atom. The van der Waals surface area contributed by atoms with Crippen LogP contribution in [-0.2, 0) is 11.3 Å². The van der Waals surface area contributed by atoms with Crippen LogP contribution in [0.2, 0.25) is 10.2 Å². The first kappa shape index (κ1) is 19.4. The first-order valence-corrected chi connectivity index (χ1v) is 8.87. The summed E-state index contributed by atoms with van der Waals surface area (Å²) >= 11 is 13.6. The van der Waals surface area contributed by atoms with E-state index in [1.807, 2.05) is 0 Å². The van der Waals surface area contributed by atoms with Gasteiger partial charge in [-0.2, -0.15) is 13.2 Å². The van der Waals surface area contributed by atoms with Crippen LogP contribution in [0.3, 0.4) is 0 Å². The van der Waals surface area contributed by atoms with Crippen LogP contribution in [-0.4, -0.2) is 33.2 Å². The molecule has 0 atom stereocenters. The number of fused-ring (bicyclic) bond motifs is 1. The molecule has 3 aromatic rings. The standard InChI is InChI=1S/C15H8Cl2F3N5OS/c1-21-8-9-11(13(17)24-6-23-9)25(4-3-22-14(26)15(18,19)20)10(8)12-7(16)2-5-27-12/h2,5-6H,3-4H2,(H,22,26). The Labute approximate surface area is 164 Å². The fourth-order valence-corrected chi connectivity index (χ4v) is 3.96. The second-order valence-electron chi connectivity index (χ2n) is 5.17. The van der Waals surface area contributed by atoms with Crippen molar-refractivity contribution in [1.82, 2.24) is 19.9 Å². The highest BCUT2D eigenvalue weighted by molar-refractivity contribution is 7.14. The van der Waals surface area contributed by atoms with E-state index in [2.05, 4.69) is 14.8 Å². The van der Waals surface area contributed by atoms with E-state index in [9.17, 15) is 18.0 Å². The van der Waals surface area contributed by atoms with Gasteiger partial charge < -0.3 is 9.88 Å². The van der Waals surface area contributed by atoms with Gasteiger partial charge in [-0.05, 0) is 11.4 Å². The summed E-state index contributed by atoms with van der Waals surface area (Å²) in [6.07, 6.45) is -3.80. The molecule has 3 rings (SSSR count). The molecule has 3 aromatic heterocycles. The largest absolute Gasteiger partial charge is 0.471 e. The van der Waals surface area contributed by atoms with Gasteiger partial charge >= 0.3 is 12.1 Å². The fraction of sp³-hybridized carbons (Fsp3) is 0.200. The van der Waals surface area contributed by atoms with Crippen molar-refractivity contribution < 1.29 is 18.0 Å². The number of thiophene rings is 1. The summed E-state index contributed by atoms with van der Waals surface area (Å²) in [5.41, 5.74) is 1.06. The van der Waals surface area contributed by atoms with Crippen molar-refractivity contribution in [3.05, 3.63) is 39.4 Å². The third-order valence-electron chi connectivity index (χ3n) is 3.59. The number of hydrogen-bond donors (Lipinski definition) is 1. The van der Waals surface area contributed by atoms with E-state index in [0.29, 0.717) is 15.6 Å². The molecule has 0 spiro atoms. The van der Waals surface area contributed by atoms with E-state index in [1.165, 1.54) is 22.2 Å². The van der Waals surface area contributed by atoms with E-state index in [-0.39, 0.29) is 35.0 Å². The number of alkyl halides is 3. The predicted octanol–water partition coefficient (Wildman–Crippen LogP) is 4.70. The third-order valence-corrected chi connectivity index (χ3v) is 5.21. The highest BCUT2D eigenvalue weighted by Gasteiger charge is 2.38. The zero-order chi connectivity index (χ0) is 19.8. The van der Waals surface area contributed by atoms with Crippen LogP contribution in [0.1, 0.15) is 0 Å². The summed E-state index contributed by atoms with van der Waals surface area (Å²) in [5.74, 6) is -2.05. The molecule has 0 saturated heterocycles. The van der Waals surface area contributed by atoms with Crippen LogP contribution in [0, 0.1) is 6.57 Å². The summed E-state index contributed by atoms with van der Waals surface area (Å²) < 4.78 is 38.7. The summed E-state index contributed by atoms with van der Waals surface area (Å²) in [6, 6.07) is 1.63. The Kier molecular flexibility index (Phi) is 5.28. The molecule has 27 heavy (non-hydrogen) atoms. The quantitative estimate of drug-likeness (QED) is 0.479. The second kappa shape index (κ2) is 7.34. The predicted molar refractivity (Wildman–Crippen MR) is 96.2 cm³/mol. The van der Waals surface area contributed by atoms with Crippen LogP contribution in [0.25, 0.3) is 26.4 Å². The molecule has 0 saturated carbocycles. The van der Waals surface area contributed by atoms with Crippen LogP contribution in [0.15, 0.2) is 17.8 Å². The molecule has 0 aliphatic heterocycles. The van der Waals surface area contributed by atoms with Gasteiger partial charge in [-0.15, -0.1) is 11.3 Å². The molecule has 0 radical (unpaired) electrons. The van der Waals surface area contributed by atoms with Crippen molar-refractivity contribution in [2.24, 2.45) is 0 Å². The van der Waals surface area contributed by atoms with Crippen LogP contribution < -0.4 is 5.32 Å². The van der Waals surface area contributed by atoms with Crippen molar-refractivity contribution in [2.45, 2.75) is 12.7 Å². The van der Waals surface area contributed by atoms with Gasteiger partial charge in [-0.25, -0.2) is 14.8 Å². The molecular formula is C15H8Cl2F3N5OS. The Balaban J connectivity index is 2.11. The van der Waals surface area contributed by atoms with Gasteiger partial charge in [0.15, 0.2) is 5.15 Å². The third kappa shape index (κ3) is 3.58. The SMILES string of the molecule is [C-]#[N+]c1c(-c2sccc2Cl)n(CCNC(=O)C(F)(F)F)c2c(Cl)ncnc12. The highest BCUT2D eigenvalue weighted by Crippen LogP contribution is 2.45. The zero-order valence-corrected chi connectivity index (χ0v) is 15.5. The minimum atomic E-state index is -4.99. The highest BCUT2D eigenvalue weighted by atomic mass is 35.5. The Morgan fingerprint density at radius 1 is 1.37 bits per heavy atom. The summed E-state index contributed by atoms with van der Waals surface area (Å²) in [6.45, 7) is 7.06. The molecule has 140 valence electrons. The average Bonchev–Trinajstić information content (AvgIpc) is 3.15. The van der Waals surface area contributed by atoms with Gasteiger partial charge in [0, 0.05) is 13.1 Å². The molecule has 0 aliphatic rings. The molecule has 0 bridgehead atoms. The Morgan fingerprint density at radius 2 is 2.11 bits per heavy atom. The van der Waals surface area contributed by atoms with Gasteiger partial charge in [0.1, 0.15) is 11.8 Å². The maximum atomic E-state index is 12.4. The van der Waals surface area contributed by atoms with Gasteiger partial charge in [-0.1, -0.05) is 23.2 Å². The van der Waals surface area contributed by atoms with Crippen LogP contribution in [0.4, 0.5) is 18.9 Å².